The summed E-state index contributed by atoms with van der Waals surface area (Å²) in [5.41, 5.74) is -4.93. The summed E-state index contributed by atoms with van der Waals surface area (Å²) in [6.07, 6.45) is 7.31. The lowest BCUT2D eigenvalue weighted by atomic mass is 9.34. The molecule has 216 valence electrons. The minimum absolute atomic E-state index is 0.0450. The summed E-state index contributed by atoms with van der Waals surface area (Å²) in [6.45, 7) is 16.3. The Morgan fingerprint density at radius 3 is 2.35 bits per heavy atom. The molecule has 4 aliphatic carbocycles. The maximum absolute atomic E-state index is 14.5. The van der Waals surface area contributed by atoms with Crippen LogP contribution < -0.4 is 0 Å². The number of allylic oxidation sites excluding steroid dienone is 3. The van der Waals surface area contributed by atoms with Crippen molar-refractivity contribution in [2.24, 2.45) is 44.3 Å². The van der Waals surface area contributed by atoms with Gasteiger partial charge in [0.2, 0.25) is 0 Å². The number of ketones is 2. The van der Waals surface area contributed by atoms with Crippen LogP contribution in [0.3, 0.4) is 0 Å². The van der Waals surface area contributed by atoms with E-state index in [1.807, 2.05) is 19.9 Å². The third kappa shape index (κ3) is 3.01. The zero-order valence-corrected chi connectivity index (χ0v) is 25.4. The quantitative estimate of drug-likeness (QED) is 0.329. The van der Waals surface area contributed by atoms with Gasteiger partial charge in [0.25, 0.3) is 0 Å². The molecule has 2 saturated carbocycles. The number of ether oxygens (including phenoxy) is 2. The maximum Gasteiger partial charge on any atom is 0.319 e. The second-order valence-electron chi connectivity index (χ2n) is 15.2. The Hall–Kier alpha value is -2.75. The number of carbonyl (C=O) groups excluding carboxylic acids is 4. The summed E-state index contributed by atoms with van der Waals surface area (Å²) in [4.78, 5) is 54.9. The van der Waals surface area contributed by atoms with Crippen molar-refractivity contribution in [1.82, 2.24) is 0 Å². The van der Waals surface area contributed by atoms with E-state index in [-0.39, 0.29) is 28.7 Å². The van der Waals surface area contributed by atoms with E-state index in [0.717, 1.165) is 12.0 Å². The van der Waals surface area contributed by atoms with Crippen molar-refractivity contribution in [3.8, 4) is 6.07 Å². The van der Waals surface area contributed by atoms with Crippen LogP contribution in [0.4, 0.5) is 0 Å². The molecule has 0 N–H and O–H groups in total. The van der Waals surface area contributed by atoms with Crippen LogP contribution in [0, 0.1) is 55.7 Å². The van der Waals surface area contributed by atoms with Crippen LogP contribution in [-0.2, 0) is 28.7 Å². The predicted octanol–water partition coefficient (Wildman–Crippen LogP) is 5.67. The first-order valence-corrected chi connectivity index (χ1v) is 14.6. The van der Waals surface area contributed by atoms with Gasteiger partial charge in [0.05, 0.1) is 18.1 Å². The summed E-state index contributed by atoms with van der Waals surface area (Å²) in [5, 5.41) is 9.95. The second kappa shape index (κ2) is 8.17. The maximum atomic E-state index is 14.5. The van der Waals surface area contributed by atoms with Crippen LogP contribution in [0.15, 0.2) is 23.3 Å². The summed E-state index contributed by atoms with van der Waals surface area (Å²) < 4.78 is 11.5. The Balaban J connectivity index is 1.70. The smallest absolute Gasteiger partial charge is 0.319 e. The monoisotopic (exact) mass is 549 g/mol. The highest BCUT2D eigenvalue weighted by atomic mass is 16.6. The van der Waals surface area contributed by atoms with E-state index < -0.39 is 50.3 Å². The molecule has 2 bridgehead atoms. The van der Waals surface area contributed by atoms with Crippen molar-refractivity contribution in [2.75, 3.05) is 7.11 Å². The molecule has 5 aliphatic rings. The zero-order valence-electron chi connectivity index (χ0n) is 25.4. The molecular weight excluding hydrogens is 506 g/mol. The summed E-state index contributed by atoms with van der Waals surface area (Å²) in [5.74, 6) is -2.44. The van der Waals surface area contributed by atoms with Crippen molar-refractivity contribution in [3.63, 3.8) is 0 Å². The van der Waals surface area contributed by atoms with E-state index in [2.05, 4.69) is 34.6 Å². The van der Waals surface area contributed by atoms with Crippen LogP contribution in [-0.4, -0.2) is 36.2 Å². The molecule has 0 aromatic carbocycles. The van der Waals surface area contributed by atoms with Gasteiger partial charge in [-0.15, -0.1) is 0 Å². The van der Waals surface area contributed by atoms with Crippen molar-refractivity contribution >= 4 is 23.5 Å². The Kier molecular flexibility index (Phi) is 5.88. The number of nitrogens with zero attached hydrogens (tertiary/aromatic N) is 1. The van der Waals surface area contributed by atoms with Crippen LogP contribution in [0.1, 0.15) is 93.9 Å². The Morgan fingerprint density at radius 1 is 1.12 bits per heavy atom. The van der Waals surface area contributed by atoms with Gasteiger partial charge >= 0.3 is 11.9 Å². The van der Waals surface area contributed by atoms with E-state index in [1.54, 1.807) is 19.1 Å². The van der Waals surface area contributed by atoms with Gasteiger partial charge in [0.1, 0.15) is 11.5 Å². The van der Waals surface area contributed by atoms with Crippen LogP contribution >= 0.6 is 0 Å². The van der Waals surface area contributed by atoms with Gasteiger partial charge in [0, 0.05) is 16.7 Å². The van der Waals surface area contributed by atoms with E-state index in [0.29, 0.717) is 32.1 Å². The molecular formula is C33H43NO6. The highest BCUT2D eigenvalue weighted by Crippen LogP contribution is 2.76. The summed E-state index contributed by atoms with van der Waals surface area (Å²) in [6, 6.07) is 2.02. The average molecular weight is 550 g/mol. The van der Waals surface area contributed by atoms with Crippen molar-refractivity contribution in [3.05, 3.63) is 23.3 Å². The van der Waals surface area contributed by atoms with Gasteiger partial charge < -0.3 is 9.47 Å². The summed E-state index contributed by atoms with van der Waals surface area (Å²) >= 11 is 0. The minimum atomic E-state index is -1.55. The average Bonchev–Trinajstić information content (AvgIpc) is 3.03. The van der Waals surface area contributed by atoms with Crippen LogP contribution in [0.25, 0.3) is 0 Å². The Morgan fingerprint density at radius 2 is 1.77 bits per heavy atom. The van der Waals surface area contributed by atoms with Gasteiger partial charge in [-0.1, -0.05) is 54.5 Å². The van der Waals surface area contributed by atoms with Crippen molar-refractivity contribution < 1.29 is 28.7 Å². The Bertz CT molecular complexity index is 1350. The van der Waals surface area contributed by atoms with Crippen LogP contribution in [0.2, 0.25) is 0 Å². The number of hydrogen-bond acceptors (Lipinski definition) is 7. The third-order valence-corrected chi connectivity index (χ3v) is 12.6. The van der Waals surface area contributed by atoms with Crippen LogP contribution in [0.5, 0.6) is 0 Å². The first-order chi connectivity index (χ1) is 18.4. The molecule has 0 aromatic heterocycles. The minimum Gasteiger partial charge on any atom is -0.468 e. The number of fused-ring (bicyclic) bond motifs is 5. The van der Waals surface area contributed by atoms with E-state index in [4.69, 9.17) is 9.47 Å². The zero-order chi connectivity index (χ0) is 29.9. The van der Waals surface area contributed by atoms with Crippen molar-refractivity contribution in [1.29, 1.82) is 5.26 Å². The number of esters is 2. The summed E-state index contributed by atoms with van der Waals surface area (Å²) in [7, 11) is 1.26. The number of rotatable bonds is 3. The lowest BCUT2D eigenvalue weighted by molar-refractivity contribution is -0.200. The second-order valence-corrected chi connectivity index (χ2v) is 15.2. The lowest BCUT2D eigenvalue weighted by Gasteiger charge is -2.67. The van der Waals surface area contributed by atoms with E-state index in [1.165, 1.54) is 7.11 Å². The molecule has 0 amide bonds. The van der Waals surface area contributed by atoms with Gasteiger partial charge in [-0.3, -0.25) is 19.2 Å². The standard InChI is InChI=1S/C33H43NO6/c1-19-32(14-12-27(2,3)4)15-13-30(7)29(6)11-10-21-28(5,22(29)16-23(35)33(19,30)40-26(32)38)17-20(18-34)24(36)31(21,8)25(37)39-9/h16-17,19,21H,10-15H2,1-9H3/t19?,21?,28-,29+,30-,31-,32-,33?/m0/s1. The highest BCUT2D eigenvalue weighted by molar-refractivity contribution is 6.15. The van der Waals surface area contributed by atoms with Gasteiger partial charge in [-0.25, -0.2) is 0 Å². The highest BCUT2D eigenvalue weighted by Gasteiger charge is 2.81. The topological polar surface area (TPSA) is 111 Å². The Labute approximate surface area is 237 Å². The molecule has 7 heteroatoms. The molecule has 7 nitrogen and oxygen atoms in total. The fourth-order valence-electron chi connectivity index (χ4n) is 9.91. The van der Waals surface area contributed by atoms with Gasteiger partial charge in [0.15, 0.2) is 17.2 Å². The number of methoxy groups -OCH3 is 1. The largest absolute Gasteiger partial charge is 0.468 e. The SMILES string of the molecule is COC(=O)[C@]1(C)C(=O)C(C#N)=C[C@]2(C)C3=CC(=O)C45OC(=O)[C@@](CCC(C)(C)C)(CC[C@@]4(C)[C@]3(C)CCC12)C5C. The normalized spacial score (nSPS) is 45.8. The molecule has 0 aromatic rings. The first-order valence-electron chi connectivity index (χ1n) is 14.6. The molecule has 1 saturated heterocycles. The van der Waals surface area contributed by atoms with E-state index in [9.17, 15) is 24.4 Å². The number of nitriles is 1. The fourth-order valence-corrected chi connectivity index (χ4v) is 9.91. The molecule has 8 atom stereocenters. The molecule has 1 spiro atoms. The molecule has 3 unspecified atom stereocenters. The predicted molar refractivity (Wildman–Crippen MR) is 147 cm³/mol. The molecule has 1 aliphatic heterocycles. The number of hydrogen-bond donors (Lipinski definition) is 0. The molecule has 3 fully saturated rings. The lowest BCUT2D eigenvalue weighted by Crippen LogP contribution is -2.70. The molecule has 5 rings (SSSR count). The van der Waals surface area contributed by atoms with Gasteiger partial charge in [-0.05, 0) is 73.8 Å². The number of carbonyl (C=O) groups is 4. The molecule has 0 radical (unpaired) electrons. The van der Waals surface area contributed by atoms with Gasteiger partial charge in [-0.2, -0.15) is 5.26 Å². The molecule has 40 heavy (non-hydrogen) atoms. The van der Waals surface area contributed by atoms with Crippen molar-refractivity contribution in [2.45, 2.75) is 99.5 Å². The first kappa shape index (κ1) is 28.8. The van der Waals surface area contributed by atoms with E-state index >= 15 is 0 Å². The fraction of sp³-hybridized carbons (Fsp3) is 0.727. The number of Topliss-reactive ketones (excluding diaryl/α,β-unsaturated/α-hetero) is 1. The third-order valence-electron chi connectivity index (χ3n) is 12.6. The molecule has 1 heterocycles.